The number of ether oxygens (including phenoxy) is 1. The van der Waals surface area contributed by atoms with Gasteiger partial charge in [-0.25, -0.2) is 17.9 Å². The minimum Gasteiger partial charge on any atom is -0.496 e. The molecule has 1 atom stereocenters. The van der Waals surface area contributed by atoms with Gasteiger partial charge in [0.05, 0.1) is 12.0 Å². The summed E-state index contributed by atoms with van der Waals surface area (Å²) < 4.78 is 38.6. The fraction of sp³-hybridized carbons (Fsp3) is 0.211. The number of aryl methyl sites for hydroxylation is 1. The molecule has 1 aromatic heterocycles. The second-order valence-electron chi connectivity index (χ2n) is 6.04. The molecule has 0 aliphatic carbocycles. The maximum absolute atomic E-state index is 12.8. The Bertz CT molecular complexity index is 1120. The van der Waals surface area contributed by atoms with Gasteiger partial charge in [-0.2, -0.15) is 0 Å². The Morgan fingerprint density at radius 1 is 1.08 bits per heavy atom. The normalized spacial score (nSPS) is 12.9. The van der Waals surface area contributed by atoms with Crippen LogP contribution in [0.4, 0.5) is 0 Å². The van der Waals surface area contributed by atoms with E-state index in [4.69, 9.17) is 9.15 Å². The SMILES string of the molecule is COc1ccc(C)cc1C(C)NS(=O)(=O)c1ccc2oc(=O)ccc2c1. The Labute approximate surface area is 151 Å². The molecule has 1 unspecified atom stereocenters. The molecule has 0 aliphatic heterocycles. The summed E-state index contributed by atoms with van der Waals surface area (Å²) >= 11 is 0. The Hall–Kier alpha value is -2.64. The van der Waals surface area contributed by atoms with Gasteiger partial charge < -0.3 is 9.15 Å². The Balaban J connectivity index is 1.95. The maximum atomic E-state index is 12.8. The van der Waals surface area contributed by atoms with Crippen LogP contribution in [0.25, 0.3) is 11.0 Å². The van der Waals surface area contributed by atoms with Crippen LogP contribution >= 0.6 is 0 Å². The van der Waals surface area contributed by atoms with Crippen molar-refractivity contribution in [3.05, 3.63) is 70.1 Å². The number of hydrogen-bond donors (Lipinski definition) is 1. The van der Waals surface area contributed by atoms with Crippen molar-refractivity contribution in [1.82, 2.24) is 4.72 Å². The lowest BCUT2D eigenvalue weighted by molar-refractivity contribution is 0.405. The van der Waals surface area contributed by atoms with Gasteiger partial charge in [0.2, 0.25) is 10.0 Å². The number of hydrogen-bond acceptors (Lipinski definition) is 5. The predicted molar refractivity (Wildman–Crippen MR) is 99.0 cm³/mol. The lowest BCUT2D eigenvalue weighted by atomic mass is 10.1. The summed E-state index contributed by atoms with van der Waals surface area (Å²) in [6.07, 6.45) is 0. The molecule has 0 saturated carbocycles. The van der Waals surface area contributed by atoms with Crippen molar-refractivity contribution < 1.29 is 17.6 Å². The van der Waals surface area contributed by atoms with E-state index in [1.807, 2.05) is 25.1 Å². The lowest BCUT2D eigenvalue weighted by Crippen LogP contribution is -2.27. The van der Waals surface area contributed by atoms with Crippen LogP contribution in [0.15, 0.2) is 62.6 Å². The predicted octanol–water partition coefficient (Wildman–Crippen LogP) is 3.15. The summed E-state index contributed by atoms with van der Waals surface area (Å²) in [6.45, 7) is 3.69. The van der Waals surface area contributed by atoms with E-state index in [-0.39, 0.29) is 4.90 Å². The molecular formula is C19H19NO5S. The first-order valence-electron chi connectivity index (χ1n) is 8.01. The third-order valence-corrected chi connectivity index (χ3v) is 5.62. The highest BCUT2D eigenvalue weighted by Gasteiger charge is 2.21. The summed E-state index contributed by atoms with van der Waals surface area (Å²) in [4.78, 5) is 11.3. The number of sulfonamides is 1. The third kappa shape index (κ3) is 3.63. The molecule has 26 heavy (non-hydrogen) atoms. The molecule has 2 aromatic carbocycles. The molecule has 3 aromatic rings. The average molecular weight is 373 g/mol. The van der Waals surface area contributed by atoms with E-state index < -0.39 is 21.7 Å². The Kier molecular flexibility index (Phi) is 4.84. The van der Waals surface area contributed by atoms with Crippen molar-refractivity contribution in [3.63, 3.8) is 0 Å². The van der Waals surface area contributed by atoms with E-state index in [0.29, 0.717) is 16.7 Å². The van der Waals surface area contributed by atoms with Crippen LogP contribution in [0.5, 0.6) is 5.75 Å². The second kappa shape index (κ2) is 6.93. The van der Waals surface area contributed by atoms with Crippen molar-refractivity contribution in [2.45, 2.75) is 24.8 Å². The number of nitrogens with one attached hydrogen (secondary N) is 1. The maximum Gasteiger partial charge on any atom is 0.336 e. The van der Waals surface area contributed by atoms with Crippen LogP contribution in [-0.2, 0) is 10.0 Å². The van der Waals surface area contributed by atoms with Crippen molar-refractivity contribution >= 4 is 21.0 Å². The monoisotopic (exact) mass is 373 g/mol. The molecule has 136 valence electrons. The van der Waals surface area contributed by atoms with E-state index >= 15 is 0 Å². The standard InChI is InChI=1S/C19H19NO5S/c1-12-4-7-18(24-3)16(10-12)13(2)20-26(22,23)15-6-8-17-14(11-15)5-9-19(21)25-17/h4-11,13,20H,1-3H3. The summed E-state index contributed by atoms with van der Waals surface area (Å²) in [6, 6.07) is 12.3. The Morgan fingerprint density at radius 2 is 1.85 bits per heavy atom. The smallest absolute Gasteiger partial charge is 0.336 e. The molecule has 0 saturated heterocycles. The first-order chi connectivity index (χ1) is 12.3. The fourth-order valence-corrected chi connectivity index (χ4v) is 4.03. The molecular weight excluding hydrogens is 354 g/mol. The molecule has 0 spiro atoms. The number of rotatable bonds is 5. The molecule has 7 heteroatoms. The van der Waals surface area contributed by atoms with E-state index in [1.165, 1.54) is 30.3 Å². The summed E-state index contributed by atoms with van der Waals surface area (Å²) in [5.41, 5.74) is 1.62. The molecule has 0 fully saturated rings. The van der Waals surface area contributed by atoms with E-state index in [0.717, 1.165) is 11.1 Å². The molecule has 0 bridgehead atoms. The zero-order valence-corrected chi connectivity index (χ0v) is 15.5. The molecule has 3 rings (SSSR count). The molecule has 6 nitrogen and oxygen atoms in total. The number of benzene rings is 2. The summed E-state index contributed by atoms with van der Waals surface area (Å²) in [5.74, 6) is 0.617. The Morgan fingerprint density at radius 3 is 2.58 bits per heavy atom. The van der Waals surface area contributed by atoms with Crippen LogP contribution in [0, 0.1) is 6.92 Å². The number of fused-ring (bicyclic) bond motifs is 1. The minimum atomic E-state index is -3.77. The van der Waals surface area contributed by atoms with Crippen LogP contribution < -0.4 is 15.1 Å². The number of methoxy groups -OCH3 is 1. The second-order valence-corrected chi connectivity index (χ2v) is 7.76. The van der Waals surface area contributed by atoms with Gasteiger partial charge in [0.15, 0.2) is 0 Å². The van der Waals surface area contributed by atoms with Gasteiger partial charge in [-0.15, -0.1) is 0 Å². The first kappa shape index (κ1) is 18.2. The molecule has 1 N–H and O–H groups in total. The highest BCUT2D eigenvalue weighted by atomic mass is 32.2. The summed E-state index contributed by atoms with van der Waals surface area (Å²) in [5, 5.41) is 0.535. The minimum absolute atomic E-state index is 0.0947. The molecule has 1 heterocycles. The fourth-order valence-electron chi connectivity index (χ4n) is 2.77. The van der Waals surface area contributed by atoms with E-state index in [1.54, 1.807) is 14.0 Å². The highest BCUT2D eigenvalue weighted by molar-refractivity contribution is 7.89. The van der Waals surface area contributed by atoms with Gasteiger partial charge in [0, 0.05) is 23.1 Å². The van der Waals surface area contributed by atoms with Crippen LogP contribution in [0.3, 0.4) is 0 Å². The average Bonchev–Trinajstić information content (AvgIpc) is 2.60. The molecule has 0 radical (unpaired) electrons. The van der Waals surface area contributed by atoms with Gasteiger partial charge in [-0.05, 0) is 44.2 Å². The van der Waals surface area contributed by atoms with Gasteiger partial charge in [-0.3, -0.25) is 0 Å². The zero-order chi connectivity index (χ0) is 18.9. The lowest BCUT2D eigenvalue weighted by Gasteiger charge is -2.18. The van der Waals surface area contributed by atoms with E-state index in [2.05, 4.69) is 4.72 Å². The van der Waals surface area contributed by atoms with Gasteiger partial charge in [0.1, 0.15) is 11.3 Å². The largest absolute Gasteiger partial charge is 0.496 e. The third-order valence-electron chi connectivity index (χ3n) is 4.08. The van der Waals surface area contributed by atoms with Crippen LogP contribution in [0.1, 0.15) is 24.1 Å². The molecule has 0 aliphatic rings. The summed E-state index contributed by atoms with van der Waals surface area (Å²) in [7, 11) is -2.22. The quantitative estimate of drug-likeness (QED) is 0.695. The topological polar surface area (TPSA) is 85.6 Å². The van der Waals surface area contributed by atoms with Gasteiger partial charge >= 0.3 is 5.63 Å². The zero-order valence-electron chi connectivity index (χ0n) is 14.6. The van der Waals surface area contributed by atoms with Gasteiger partial charge in [-0.1, -0.05) is 17.7 Å². The molecule has 0 amide bonds. The van der Waals surface area contributed by atoms with Crippen molar-refractivity contribution in [3.8, 4) is 5.75 Å². The first-order valence-corrected chi connectivity index (χ1v) is 9.49. The van der Waals surface area contributed by atoms with Crippen molar-refractivity contribution in [1.29, 1.82) is 0 Å². The van der Waals surface area contributed by atoms with E-state index in [9.17, 15) is 13.2 Å². The van der Waals surface area contributed by atoms with Crippen LogP contribution in [-0.4, -0.2) is 15.5 Å². The van der Waals surface area contributed by atoms with Gasteiger partial charge in [0.25, 0.3) is 0 Å². The van der Waals surface area contributed by atoms with Crippen LogP contribution in [0.2, 0.25) is 0 Å². The van der Waals surface area contributed by atoms with Crippen molar-refractivity contribution in [2.24, 2.45) is 0 Å². The highest BCUT2D eigenvalue weighted by Crippen LogP contribution is 2.28. The van der Waals surface area contributed by atoms with Crippen molar-refractivity contribution in [2.75, 3.05) is 7.11 Å².